The average Bonchev–Trinajstić information content (AvgIpc) is 2.39. The van der Waals surface area contributed by atoms with Crippen LogP contribution in [0.25, 0.3) is 0 Å². The van der Waals surface area contributed by atoms with Crippen molar-refractivity contribution < 1.29 is 9.47 Å². The van der Waals surface area contributed by atoms with Crippen molar-refractivity contribution in [2.75, 3.05) is 19.8 Å². The quantitative estimate of drug-likeness (QED) is 0.789. The van der Waals surface area contributed by atoms with Crippen molar-refractivity contribution in [2.24, 2.45) is 0 Å². The molecule has 0 saturated carbocycles. The first-order valence-electron chi connectivity index (χ1n) is 6.46. The summed E-state index contributed by atoms with van der Waals surface area (Å²) in [6.45, 7) is 6.04. The molecule has 0 aromatic carbocycles. The van der Waals surface area contributed by atoms with E-state index in [1.54, 1.807) is 0 Å². The molecule has 0 N–H and O–H groups in total. The number of aromatic nitrogens is 2. The number of halogens is 1. The van der Waals surface area contributed by atoms with Gasteiger partial charge in [-0.25, -0.2) is 9.97 Å². The van der Waals surface area contributed by atoms with Crippen LogP contribution in [0.1, 0.15) is 38.2 Å². The number of nitrogens with zero attached hydrogens (tertiary/aromatic N) is 2. The van der Waals surface area contributed by atoms with E-state index in [-0.39, 0.29) is 0 Å². The van der Waals surface area contributed by atoms with E-state index < -0.39 is 5.60 Å². The third-order valence-electron chi connectivity index (χ3n) is 3.24. The third kappa shape index (κ3) is 2.82. The summed E-state index contributed by atoms with van der Waals surface area (Å²) in [6, 6.07) is 1.81. The molecule has 4 nitrogen and oxygen atoms in total. The maximum atomic E-state index is 6.07. The minimum absolute atomic E-state index is 0.429. The largest absolute Gasteiger partial charge is 0.381 e. The van der Waals surface area contributed by atoms with Gasteiger partial charge in [0, 0.05) is 38.4 Å². The number of hydrogen-bond donors (Lipinski definition) is 0. The van der Waals surface area contributed by atoms with Gasteiger partial charge in [0.25, 0.3) is 0 Å². The molecule has 1 fully saturated rings. The molecule has 0 bridgehead atoms. The van der Waals surface area contributed by atoms with Gasteiger partial charge in [0.1, 0.15) is 10.8 Å². The molecule has 0 radical (unpaired) electrons. The predicted molar refractivity (Wildman–Crippen MR) is 69.8 cm³/mol. The summed E-state index contributed by atoms with van der Waals surface area (Å²) in [5.41, 5.74) is 0.525. The maximum absolute atomic E-state index is 6.07. The summed E-state index contributed by atoms with van der Waals surface area (Å²) in [4.78, 5) is 8.96. The standard InChI is InChI=1S/C13H19ClN2O2/c1-3-10-9-11(14)16-12(15-10)13(18-4-2)5-7-17-8-6-13/h9H,3-8H2,1-2H3. The first-order chi connectivity index (χ1) is 8.70. The first-order valence-corrected chi connectivity index (χ1v) is 6.83. The van der Waals surface area contributed by atoms with E-state index in [9.17, 15) is 0 Å². The molecule has 18 heavy (non-hydrogen) atoms. The fourth-order valence-corrected chi connectivity index (χ4v) is 2.47. The van der Waals surface area contributed by atoms with Gasteiger partial charge < -0.3 is 9.47 Å². The molecule has 0 unspecified atom stereocenters. The second-order valence-corrected chi connectivity index (χ2v) is 4.79. The minimum atomic E-state index is -0.429. The lowest BCUT2D eigenvalue weighted by Gasteiger charge is -2.35. The molecule has 0 atom stereocenters. The highest BCUT2D eigenvalue weighted by Gasteiger charge is 2.38. The van der Waals surface area contributed by atoms with Crippen molar-refractivity contribution in [1.29, 1.82) is 0 Å². The Hall–Kier alpha value is -0.710. The van der Waals surface area contributed by atoms with Crippen LogP contribution in [0.5, 0.6) is 0 Å². The predicted octanol–water partition coefficient (Wildman–Crippen LogP) is 2.73. The summed E-state index contributed by atoms with van der Waals surface area (Å²) in [7, 11) is 0. The molecule has 2 rings (SSSR count). The molecule has 1 aromatic rings. The fraction of sp³-hybridized carbons (Fsp3) is 0.692. The van der Waals surface area contributed by atoms with Gasteiger partial charge in [-0.15, -0.1) is 0 Å². The fourth-order valence-electron chi connectivity index (χ4n) is 2.26. The molecule has 0 amide bonds. The maximum Gasteiger partial charge on any atom is 0.162 e. The molecule has 1 saturated heterocycles. The van der Waals surface area contributed by atoms with Crippen molar-refractivity contribution >= 4 is 11.6 Å². The van der Waals surface area contributed by atoms with Crippen LogP contribution in [0, 0.1) is 0 Å². The Bertz CT molecular complexity index is 400. The van der Waals surface area contributed by atoms with Crippen molar-refractivity contribution in [1.82, 2.24) is 9.97 Å². The zero-order valence-electron chi connectivity index (χ0n) is 10.9. The normalized spacial score (nSPS) is 18.8. The molecule has 5 heteroatoms. The molecule has 100 valence electrons. The highest BCUT2D eigenvalue weighted by molar-refractivity contribution is 6.29. The van der Waals surface area contributed by atoms with Crippen LogP contribution >= 0.6 is 11.6 Å². The Morgan fingerprint density at radius 3 is 2.67 bits per heavy atom. The topological polar surface area (TPSA) is 44.2 Å². The summed E-state index contributed by atoms with van der Waals surface area (Å²) in [5, 5.41) is 0.488. The molecule has 0 spiro atoms. The lowest BCUT2D eigenvalue weighted by Crippen LogP contribution is -2.38. The number of hydrogen-bond acceptors (Lipinski definition) is 4. The Kier molecular flexibility index (Phi) is 4.54. The van der Waals surface area contributed by atoms with Crippen molar-refractivity contribution in [3.63, 3.8) is 0 Å². The third-order valence-corrected chi connectivity index (χ3v) is 3.43. The zero-order valence-corrected chi connectivity index (χ0v) is 11.7. The minimum Gasteiger partial charge on any atom is -0.381 e. The van der Waals surface area contributed by atoms with Crippen LogP contribution in [-0.4, -0.2) is 29.8 Å². The smallest absolute Gasteiger partial charge is 0.162 e. The van der Waals surface area contributed by atoms with Gasteiger partial charge in [0.05, 0.1) is 0 Å². The SMILES string of the molecule is CCOC1(c2nc(Cl)cc(CC)n2)CCOCC1. The highest BCUT2D eigenvalue weighted by atomic mass is 35.5. The Labute approximate surface area is 113 Å². The second kappa shape index (κ2) is 5.95. The van der Waals surface area contributed by atoms with Gasteiger partial charge in [0.2, 0.25) is 0 Å². The average molecular weight is 271 g/mol. The molecule has 0 aliphatic carbocycles. The van der Waals surface area contributed by atoms with E-state index in [4.69, 9.17) is 21.1 Å². The van der Waals surface area contributed by atoms with Gasteiger partial charge in [-0.2, -0.15) is 0 Å². The Balaban J connectivity index is 2.37. The summed E-state index contributed by atoms with van der Waals surface area (Å²) >= 11 is 6.07. The highest BCUT2D eigenvalue weighted by Crippen LogP contribution is 2.34. The van der Waals surface area contributed by atoms with Gasteiger partial charge >= 0.3 is 0 Å². The molecule has 1 aromatic heterocycles. The molecular formula is C13H19ClN2O2. The van der Waals surface area contributed by atoms with Crippen molar-refractivity contribution in [3.8, 4) is 0 Å². The van der Waals surface area contributed by atoms with E-state index in [0.29, 0.717) is 30.8 Å². The lowest BCUT2D eigenvalue weighted by atomic mass is 9.92. The van der Waals surface area contributed by atoms with Gasteiger partial charge in [-0.3, -0.25) is 0 Å². The van der Waals surface area contributed by atoms with Crippen LogP contribution in [0.15, 0.2) is 6.07 Å². The zero-order chi connectivity index (χ0) is 13.0. The van der Waals surface area contributed by atoms with Gasteiger partial charge in [0.15, 0.2) is 5.82 Å². The van der Waals surface area contributed by atoms with Crippen LogP contribution in [0.4, 0.5) is 0 Å². The molecule has 1 aliphatic heterocycles. The van der Waals surface area contributed by atoms with Crippen LogP contribution in [-0.2, 0) is 21.5 Å². The molecule has 2 heterocycles. The molecule has 1 aliphatic rings. The van der Waals surface area contributed by atoms with Gasteiger partial charge in [-0.05, 0) is 19.4 Å². The van der Waals surface area contributed by atoms with E-state index in [0.717, 1.165) is 25.0 Å². The van der Waals surface area contributed by atoms with Crippen molar-refractivity contribution in [3.05, 3.63) is 22.7 Å². The second-order valence-electron chi connectivity index (χ2n) is 4.40. The van der Waals surface area contributed by atoms with Crippen LogP contribution in [0.3, 0.4) is 0 Å². The first kappa shape index (κ1) is 13.7. The van der Waals surface area contributed by atoms with Crippen LogP contribution < -0.4 is 0 Å². The van der Waals surface area contributed by atoms with E-state index >= 15 is 0 Å². The van der Waals surface area contributed by atoms with E-state index in [1.165, 1.54) is 0 Å². The Morgan fingerprint density at radius 2 is 2.06 bits per heavy atom. The Morgan fingerprint density at radius 1 is 1.33 bits per heavy atom. The summed E-state index contributed by atoms with van der Waals surface area (Å²) in [6.07, 6.45) is 2.41. The van der Waals surface area contributed by atoms with E-state index in [2.05, 4.69) is 16.9 Å². The van der Waals surface area contributed by atoms with Crippen molar-refractivity contribution in [2.45, 2.75) is 38.7 Å². The van der Waals surface area contributed by atoms with E-state index in [1.807, 2.05) is 13.0 Å². The number of ether oxygens (including phenoxy) is 2. The molecular weight excluding hydrogens is 252 g/mol. The number of rotatable bonds is 4. The van der Waals surface area contributed by atoms with Crippen LogP contribution in [0.2, 0.25) is 5.15 Å². The summed E-state index contributed by atoms with van der Waals surface area (Å²) in [5.74, 6) is 0.706. The summed E-state index contributed by atoms with van der Waals surface area (Å²) < 4.78 is 11.4. The van der Waals surface area contributed by atoms with Gasteiger partial charge in [-0.1, -0.05) is 18.5 Å². The monoisotopic (exact) mass is 270 g/mol. The number of aryl methyl sites for hydroxylation is 1. The lowest BCUT2D eigenvalue weighted by molar-refractivity contribution is -0.117.